The highest BCUT2D eigenvalue weighted by atomic mass is 32.2. The van der Waals surface area contributed by atoms with Crippen LogP contribution in [-0.2, 0) is 9.84 Å². The first-order chi connectivity index (χ1) is 17.4. The van der Waals surface area contributed by atoms with E-state index in [4.69, 9.17) is 0 Å². The van der Waals surface area contributed by atoms with Gasteiger partial charge in [0.2, 0.25) is 0 Å². The maximum atomic E-state index is 14.3. The fraction of sp³-hybridized carbons (Fsp3) is 0.138. The second kappa shape index (κ2) is 9.59. The van der Waals surface area contributed by atoms with Crippen LogP contribution < -0.4 is 4.90 Å². The number of aromatic nitrogens is 1. The Labute approximate surface area is 210 Å². The molecule has 0 spiro atoms. The average Bonchev–Trinajstić information content (AvgIpc) is 2.89. The predicted molar refractivity (Wildman–Crippen MR) is 140 cm³/mol. The maximum Gasteiger partial charge on any atom is 0.181 e. The minimum absolute atomic E-state index is 0.0109. The lowest BCUT2D eigenvalue weighted by molar-refractivity contribution is 0.475. The number of benzene rings is 3. The Morgan fingerprint density at radius 2 is 1.81 bits per heavy atom. The summed E-state index contributed by atoms with van der Waals surface area (Å²) in [5, 5.41) is 9.46. The van der Waals surface area contributed by atoms with Crippen molar-refractivity contribution >= 4 is 15.5 Å². The van der Waals surface area contributed by atoms with E-state index in [1.807, 2.05) is 42.2 Å². The molecule has 0 saturated heterocycles. The molecule has 0 amide bonds. The van der Waals surface area contributed by atoms with Crippen LogP contribution in [0.4, 0.5) is 10.1 Å². The molecule has 1 aliphatic heterocycles. The molecule has 36 heavy (non-hydrogen) atoms. The molecule has 1 unspecified atom stereocenters. The number of aromatic hydroxyl groups is 1. The summed E-state index contributed by atoms with van der Waals surface area (Å²) in [5.74, 6) is -0.501. The van der Waals surface area contributed by atoms with Crippen molar-refractivity contribution in [2.24, 2.45) is 0 Å². The molecule has 182 valence electrons. The summed E-state index contributed by atoms with van der Waals surface area (Å²) in [6.07, 6.45) is 7.63. The van der Waals surface area contributed by atoms with Crippen molar-refractivity contribution in [3.05, 3.63) is 109 Å². The van der Waals surface area contributed by atoms with E-state index in [9.17, 15) is 17.9 Å². The third-order valence-corrected chi connectivity index (χ3v) is 8.05. The second-order valence-corrected chi connectivity index (χ2v) is 10.7. The van der Waals surface area contributed by atoms with Crippen LogP contribution in [0.5, 0.6) is 5.75 Å². The molecule has 7 heteroatoms. The number of pyridine rings is 1. The number of halogens is 1. The Bertz CT molecular complexity index is 1540. The average molecular weight is 501 g/mol. The highest BCUT2D eigenvalue weighted by molar-refractivity contribution is 7.91. The molecule has 5 rings (SSSR count). The van der Waals surface area contributed by atoms with Crippen molar-refractivity contribution in [2.75, 3.05) is 10.7 Å². The standard InChI is InChI=1S/C29H25FN2O3S/c1-2-28-27-18-22(30)7-12-25(27)26-17-20(21-5-3-14-31-19-21)6-13-29(26)32(28)15-4-16-36(34,35)24-10-8-23(33)9-11-24/h3-15,17-19,28,33H,2,16H2,1H3. The summed E-state index contributed by atoms with van der Waals surface area (Å²) in [5.41, 5.74) is 5.66. The summed E-state index contributed by atoms with van der Waals surface area (Å²) in [6.45, 7) is 2.03. The van der Waals surface area contributed by atoms with Crippen LogP contribution in [0.2, 0.25) is 0 Å². The van der Waals surface area contributed by atoms with E-state index >= 15 is 0 Å². The van der Waals surface area contributed by atoms with Crippen molar-refractivity contribution < 1.29 is 17.9 Å². The number of anilines is 1. The molecule has 1 aliphatic rings. The number of sulfone groups is 1. The van der Waals surface area contributed by atoms with Crippen molar-refractivity contribution in [1.82, 2.24) is 4.98 Å². The Kier molecular flexibility index (Phi) is 6.33. The molecule has 1 N–H and O–H groups in total. The van der Waals surface area contributed by atoms with E-state index in [2.05, 4.69) is 11.1 Å². The van der Waals surface area contributed by atoms with Crippen LogP contribution in [-0.4, -0.2) is 24.3 Å². The van der Waals surface area contributed by atoms with Gasteiger partial charge in [-0.15, -0.1) is 0 Å². The Morgan fingerprint density at radius 3 is 2.53 bits per heavy atom. The third kappa shape index (κ3) is 4.50. The predicted octanol–water partition coefficient (Wildman–Crippen LogP) is 6.52. The summed E-state index contributed by atoms with van der Waals surface area (Å²) >= 11 is 0. The summed E-state index contributed by atoms with van der Waals surface area (Å²) in [4.78, 5) is 6.39. The Hall–Kier alpha value is -3.97. The summed E-state index contributed by atoms with van der Waals surface area (Å²) in [7, 11) is -3.58. The monoisotopic (exact) mass is 500 g/mol. The first kappa shape index (κ1) is 23.8. The molecule has 1 aromatic heterocycles. The fourth-order valence-electron chi connectivity index (χ4n) is 4.70. The molecule has 2 heterocycles. The first-order valence-corrected chi connectivity index (χ1v) is 13.3. The van der Waals surface area contributed by atoms with E-state index in [1.54, 1.807) is 30.7 Å². The van der Waals surface area contributed by atoms with Crippen LogP contribution in [0.25, 0.3) is 22.3 Å². The lowest BCUT2D eigenvalue weighted by atomic mass is 9.85. The van der Waals surface area contributed by atoms with Gasteiger partial charge in [0, 0.05) is 35.4 Å². The van der Waals surface area contributed by atoms with E-state index in [0.29, 0.717) is 6.42 Å². The van der Waals surface area contributed by atoms with Crippen molar-refractivity contribution in [3.63, 3.8) is 0 Å². The van der Waals surface area contributed by atoms with E-state index in [-0.39, 0.29) is 28.3 Å². The largest absolute Gasteiger partial charge is 0.508 e. The smallest absolute Gasteiger partial charge is 0.181 e. The number of rotatable bonds is 6. The molecule has 0 fully saturated rings. The molecule has 0 bridgehead atoms. The van der Waals surface area contributed by atoms with Crippen LogP contribution in [0.15, 0.2) is 102 Å². The lowest BCUT2D eigenvalue weighted by Crippen LogP contribution is -2.27. The van der Waals surface area contributed by atoms with Crippen molar-refractivity contribution in [3.8, 4) is 28.0 Å². The lowest BCUT2D eigenvalue weighted by Gasteiger charge is -2.38. The molecule has 5 nitrogen and oxygen atoms in total. The third-order valence-electron chi connectivity index (χ3n) is 6.43. The SMILES string of the molecule is CCC1c2cc(F)ccc2-c2cc(-c3cccnc3)ccc2N1C=CCS(=O)(=O)c1ccc(O)cc1. The van der Waals surface area contributed by atoms with E-state index < -0.39 is 9.84 Å². The van der Waals surface area contributed by atoms with Gasteiger partial charge < -0.3 is 10.0 Å². The molecular formula is C29H25FN2O3S. The van der Waals surface area contributed by atoms with Crippen LogP contribution in [0, 0.1) is 5.82 Å². The van der Waals surface area contributed by atoms with Gasteiger partial charge in [0.25, 0.3) is 0 Å². The highest BCUT2D eigenvalue weighted by Crippen LogP contribution is 2.47. The molecule has 4 aromatic rings. The van der Waals surface area contributed by atoms with Gasteiger partial charge in [-0.3, -0.25) is 4.98 Å². The number of hydrogen-bond donors (Lipinski definition) is 1. The zero-order valence-corrected chi connectivity index (χ0v) is 20.5. The quantitative estimate of drug-likeness (QED) is 0.326. The highest BCUT2D eigenvalue weighted by Gasteiger charge is 2.29. The van der Waals surface area contributed by atoms with Crippen LogP contribution >= 0.6 is 0 Å². The molecule has 1 atom stereocenters. The normalized spacial score (nSPS) is 15.1. The molecule has 0 saturated carbocycles. The van der Waals surface area contributed by atoms with Gasteiger partial charge in [0.05, 0.1) is 16.7 Å². The van der Waals surface area contributed by atoms with Gasteiger partial charge >= 0.3 is 0 Å². The topological polar surface area (TPSA) is 70.5 Å². The molecule has 0 radical (unpaired) electrons. The zero-order valence-electron chi connectivity index (χ0n) is 19.7. The molecule has 3 aromatic carbocycles. The van der Waals surface area contributed by atoms with Crippen LogP contribution in [0.1, 0.15) is 24.9 Å². The number of phenols is 1. The van der Waals surface area contributed by atoms with Gasteiger partial charge in [-0.25, -0.2) is 12.8 Å². The minimum atomic E-state index is -3.58. The van der Waals surface area contributed by atoms with Crippen LogP contribution in [0.3, 0.4) is 0 Å². The van der Waals surface area contributed by atoms with E-state index in [0.717, 1.165) is 33.5 Å². The molecule has 0 aliphatic carbocycles. The number of hydrogen-bond acceptors (Lipinski definition) is 5. The van der Waals surface area contributed by atoms with Gasteiger partial charge in [-0.05, 0) is 77.7 Å². The van der Waals surface area contributed by atoms with Gasteiger partial charge in [-0.1, -0.05) is 31.2 Å². The zero-order chi connectivity index (χ0) is 25.3. The molecular weight excluding hydrogens is 475 g/mol. The Morgan fingerprint density at radius 1 is 1.00 bits per heavy atom. The number of phenolic OH excluding ortho intramolecular Hbond substituents is 1. The van der Waals surface area contributed by atoms with E-state index in [1.165, 1.54) is 30.3 Å². The maximum absolute atomic E-state index is 14.3. The first-order valence-electron chi connectivity index (χ1n) is 11.7. The second-order valence-electron chi connectivity index (χ2n) is 8.70. The van der Waals surface area contributed by atoms with Crippen molar-refractivity contribution in [1.29, 1.82) is 0 Å². The van der Waals surface area contributed by atoms with Gasteiger partial charge in [-0.2, -0.15) is 0 Å². The summed E-state index contributed by atoms with van der Waals surface area (Å²) in [6, 6.07) is 20.2. The number of nitrogens with zero attached hydrogens (tertiary/aromatic N) is 2. The number of fused-ring (bicyclic) bond motifs is 3. The Balaban J connectivity index is 1.55. The fourth-order valence-corrected chi connectivity index (χ4v) is 5.78. The van der Waals surface area contributed by atoms with Gasteiger partial charge in [0.15, 0.2) is 9.84 Å². The van der Waals surface area contributed by atoms with Crippen molar-refractivity contribution in [2.45, 2.75) is 24.3 Å². The minimum Gasteiger partial charge on any atom is -0.508 e. The van der Waals surface area contributed by atoms with Gasteiger partial charge in [0.1, 0.15) is 11.6 Å². The summed E-state index contributed by atoms with van der Waals surface area (Å²) < 4.78 is 40.0.